The van der Waals surface area contributed by atoms with Crippen LogP contribution in [0.25, 0.3) is 0 Å². The summed E-state index contributed by atoms with van der Waals surface area (Å²) in [5.41, 5.74) is 0.925. The number of benzene rings is 2. The van der Waals surface area contributed by atoms with Crippen LogP contribution in [0.4, 0.5) is 5.69 Å². The molecule has 1 atom stereocenters. The van der Waals surface area contributed by atoms with Crippen LogP contribution >= 0.6 is 23.2 Å². The zero-order valence-electron chi connectivity index (χ0n) is 21.0. The van der Waals surface area contributed by atoms with Crippen molar-refractivity contribution in [3.05, 3.63) is 63.6 Å². The summed E-state index contributed by atoms with van der Waals surface area (Å²) < 4.78 is 26.4. The normalized spacial score (nSPS) is 14.7. The first-order chi connectivity index (χ1) is 17.4. The minimum Gasteiger partial charge on any atom is -0.352 e. The van der Waals surface area contributed by atoms with Crippen LogP contribution in [-0.4, -0.2) is 55.8 Å². The van der Waals surface area contributed by atoms with Crippen molar-refractivity contribution in [2.45, 2.75) is 58.2 Å². The first-order valence-corrected chi connectivity index (χ1v) is 14.6. The van der Waals surface area contributed by atoms with Crippen LogP contribution in [0.15, 0.2) is 42.5 Å². The van der Waals surface area contributed by atoms with Gasteiger partial charge in [0.1, 0.15) is 12.6 Å². The van der Waals surface area contributed by atoms with E-state index < -0.39 is 28.5 Å². The molecule has 0 saturated heterocycles. The van der Waals surface area contributed by atoms with Gasteiger partial charge in [-0.15, -0.1) is 0 Å². The Balaban J connectivity index is 1.95. The zero-order valence-corrected chi connectivity index (χ0v) is 23.4. The molecule has 0 heterocycles. The second-order valence-corrected chi connectivity index (χ2v) is 12.0. The molecule has 1 unspecified atom stereocenters. The molecular formula is C26H31Cl2N3O5S. The highest BCUT2D eigenvalue weighted by atomic mass is 35.5. The summed E-state index contributed by atoms with van der Waals surface area (Å²) in [5, 5.41) is 3.64. The maximum atomic E-state index is 13.7. The predicted molar refractivity (Wildman–Crippen MR) is 146 cm³/mol. The number of carbonyl (C=O) groups is 3. The highest BCUT2D eigenvalue weighted by molar-refractivity contribution is 7.92. The Morgan fingerprint density at radius 3 is 2.22 bits per heavy atom. The van der Waals surface area contributed by atoms with E-state index in [1.165, 1.54) is 24.0 Å². The molecule has 1 N–H and O–H groups in total. The molecule has 3 rings (SSSR count). The highest BCUT2D eigenvalue weighted by Crippen LogP contribution is 2.27. The topological polar surface area (TPSA) is 104 Å². The van der Waals surface area contributed by atoms with Crippen LogP contribution in [0.2, 0.25) is 10.0 Å². The Morgan fingerprint density at radius 2 is 1.65 bits per heavy atom. The number of nitrogens with one attached hydrogen (secondary N) is 1. The van der Waals surface area contributed by atoms with Crippen LogP contribution in [0.5, 0.6) is 0 Å². The molecule has 2 amide bonds. The van der Waals surface area contributed by atoms with Gasteiger partial charge in [0.15, 0.2) is 5.78 Å². The number of Topliss-reactive ketones (excluding diaryl/α,β-unsaturated/α-hetero) is 1. The van der Waals surface area contributed by atoms with Gasteiger partial charge in [0.25, 0.3) is 0 Å². The van der Waals surface area contributed by atoms with E-state index in [0.29, 0.717) is 21.2 Å². The van der Waals surface area contributed by atoms with Crippen LogP contribution in [0.1, 0.15) is 55.5 Å². The fourth-order valence-corrected chi connectivity index (χ4v) is 5.68. The Hall–Kier alpha value is -2.62. The van der Waals surface area contributed by atoms with Gasteiger partial charge in [0.2, 0.25) is 21.8 Å². The lowest BCUT2D eigenvalue weighted by Gasteiger charge is -2.32. The largest absolute Gasteiger partial charge is 0.352 e. The van der Waals surface area contributed by atoms with Crippen molar-refractivity contribution in [1.29, 1.82) is 0 Å². The lowest BCUT2D eigenvalue weighted by molar-refractivity contribution is -0.139. The van der Waals surface area contributed by atoms with E-state index in [9.17, 15) is 22.8 Å². The third-order valence-corrected chi connectivity index (χ3v) is 8.33. The summed E-state index contributed by atoms with van der Waals surface area (Å²) in [4.78, 5) is 40.0. The van der Waals surface area contributed by atoms with E-state index in [2.05, 4.69) is 5.32 Å². The molecule has 2 aromatic rings. The van der Waals surface area contributed by atoms with Crippen molar-refractivity contribution in [2.75, 3.05) is 17.1 Å². The summed E-state index contributed by atoms with van der Waals surface area (Å²) in [6.07, 6.45) is 4.78. The second kappa shape index (κ2) is 12.3. The van der Waals surface area contributed by atoms with Gasteiger partial charge in [-0.2, -0.15) is 0 Å². The minimum absolute atomic E-state index is 0.0395. The molecule has 0 radical (unpaired) electrons. The van der Waals surface area contributed by atoms with E-state index in [1.54, 1.807) is 37.3 Å². The molecule has 8 nitrogen and oxygen atoms in total. The van der Waals surface area contributed by atoms with E-state index in [4.69, 9.17) is 23.2 Å². The SMILES string of the molecule is CC(=O)c1cccc(N(CC(=O)N(Cc2c(Cl)cccc2Cl)C(C)C(=O)NC2CCCC2)S(C)(=O)=O)c1. The zero-order chi connectivity index (χ0) is 27.3. The molecule has 0 aromatic heterocycles. The van der Waals surface area contributed by atoms with Crippen LogP contribution in [0, 0.1) is 0 Å². The van der Waals surface area contributed by atoms with Gasteiger partial charge in [0.05, 0.1) is 11.9 Å². The molecule has 200 valence electrons. The molecule has 0 spiro atoms. The maximum absolute atomic E-state index is 13.7. The Labute approximate surface area is 228 Å². The van der Waals surface area contributed by atoms with E-state index in [-0.39, 0.29) is 30.0 Å². The Bertz CT molecular complexity index is 1260. The summed E-state index contributed by atoms with van der Waals surface area (Å²) >= 11 is 12.7. The van der Waals surface area contributed by atoms with Crippen molar-refractivity contribution >= 4 is 56.5 Å². The fourth-order valence-electron chi connectivity index (χ4n) is 4.32. The maximum Gasteiger partial charge on any atom is 0.244 e. The van der Waals surface area contributed by atoms with Crippen molar-refractivity contribution in [2.24, 2.45) is 0 Å². The fraction of sp³-hybridized carbons (Fsp3) is 0.423. The van der Waals surface area contributed by atoms with Gasteiger partial charge >= 0.3 is 0 Å². The van der Waals surface area contributed by atoms with Gasteiger partial charge in [-0.3, -0.25) is 18.7 Å². The number of sulfonamides is 1. The van der Waals surface area contributed by atoms with Gasteiger partial charge in [-0.05, 0) is 51.0 Å². The quantitative estimate of drug-likeness (QED) is 0.427. The van der Waals surface area contributed by atoms with Crippen LogP contribution in [0.3, 0.4) is 0 Å². The van der Waals surface area contributed by atoms with Crippen molar-refractivity contribution in [3.63, 3.8) is 0 Å². The van der Waals surface area contributed by atoms with Crippen molar-refractivity contribution in [3.8, 4) is 0 Å². The number of carbonyl (C=O) groups excluding carboxylic acids is 3. The van der Waals surface area contributed by atoms with Gasteiger partial charge < -0.3 is 10.2 Å². The molecule has 1 aliphatic rings. The monoisotopic (exact) mass is 567 g/mol. The molecule has 2 aromatic carbocycles. The predicted octanol–water partition coefficient (Wildman–Crippen LogP) is 4.44. The number of anilines is 1. The molecule has 1 saturated carbocycles. The van der Waals surface area contributed by atoms with E-state index >= 15 is 0 Å². The van der Waals surface area contributed by atoms with E-state index in [1.807, 2.05) is 0 Å². The van der Waals surface area contributed by atoms with E-state index in [0.717, 1.165) is 36.2 Å². The summed E-state index contributed by atoms with van der Waals surface area (Å²) in [6, 6.07) is 10.1. The molecule has 0 aliphatic heterocycles. The number of rotatable bonds is 10. The molecule has 11 heteroatoms. The van der Waals surface area contributed by atoms with Gasteiger partial charge in [-0.1, -0.05) is 54.2 Å². The third-order valence-electron chi connectivity index (χ3n) is 6.48. The number of halogens is 2. The van der Waals surface area contributed by atoms with Crippen molar-refractivity contribution in [1.82, 2.24) is 10.2 Å². The number of nitrogens with zero attached hydrogens (tertiary/aromatic N) is 2. The number of ketones is 1. The first-order valence-electron chi connectivity index (χ1n) is 12.0. The lowest BCUT2D eigenvalue weighted by Crippen LogP contribution is -2.52. The lowest BCUT2D eigenvalue weighted by atomic mass is 10.1. The number of hydrogen-bond donors (Lipinski definition) is 1. The van der Waals surface area contributed by atoms with Gasteiger partial charge in [-0.25, -0.2) is 8.42 Å². The van der Waals surface area contributed by atoms with Crippen LogP contribution < -0.4 is 9.62 Å². The average molecular weight is 569 g/mol. The summed E-state index contributed by atoms with van der Waals surface area (Å²) in [5.74, 6) is -1.20. The summed E-state index contributed by atoms with van der Waals surface area (Å²) in [6.45, 7) is 2.29. The van der Waals surface area contributed by atoms with Gasteiger partial charge in [0, 0.05) is 33.8 Å². The molecule has 37 heavy (non-hydrogen) atoms. The number of hydrogen-bond acceptors (Lipinski definition) is 5. The standard InChI is InChI=1S/C26H31Cl2N3O5S/c1-17(26(34)29-20-9-4-5-10-20)30(15-22-23(27)12-7-13-24(22)28)25(33)16-31(37(3,35)36)21-11-6-8-19(14-21)18(2)32/h6-8,11-14,17,20H,4-5,9-10,15-16H2,1-3H3,(H,29,34). The Kier molecular flexibility index (Phi) is 9.61. The molecule has 0 bridgehead atoms. The highest BCUT2D eigenvalue weighted by Gasteiger charge is 2.32. The summed E-state index contributed by atoms with van der Waals surface area (Å²) in [7, 11) is -3.92. The molecular weight excluding hydrogens is 537 g/mol. The van der Waals surface area contributed by atoms with Crippen molar-refractivity contribution < 1.29 is 22.8 Å². The Morgan fingerprint density at radius 1 is 1.05 bits per heavy atom. The molecule has 1 aliphatic carbocycles. The second-order valence-electron chi connectivity index (χ2n) is 9.26. The molecule has 1 fully saturated rings. The van der Waals surface area contributed by atoms with Crippen LogP contribution in [-0.2, 0) is 26.2 Å². The average Bonchev–Trinajstić information content (AvgIpc) is 3.34. The third kappa shape index (κ3) is 7.46. The smallest absolute Gasteiger partial charge is 0.244 e. The first kappa shape index (κ1) is 28.9. The number of amides is 2. The minimum atomic E-state index is -3.92.